The fourth-order valence-electron chi connectivity index (χ4n) is 4.28. The van der Waals surface area contributed by atoms with Crippen LogP contribution >= 0.6 is 11.6 Å². The third-order valence-corrected chi connectivity index (χ3v) is 9.74. The highest BCUT2D eigenvalue weighted by Crippen LogP contribution is 2.46. The number of halogens is 1. The van der Waals surface area contributed by atoms with Crippen molar-refractivity contribution in [2.75, 3.05) is 4.72 Å². The molecular formula is C29H22ClN3O10S3. The lowest BCUT2D eigenvalue weighted by molar-refractivity contribution is 0.472. The van der Waals surface area contributed by atoms with E-state index in [0.29, 0.717) is 5.75 Å². The van der Waals surface area contributed by atoms with Crippen LogP contribution in [0.15, 0.2) is 116 Å². The Morgan fingerprint density at radius 1 is 0.761 bits per heavy atom. The summed E-state index contributed by atoms with van der Waals surface area (Å²) in [7, 11) is -14.6. The molecule has 238 valence electrons. The molecule has 0 unspecified atom stereocenters. The zero-order valence-corrected chi connectivity index (χ0v) is 26.6. The molecule has 5 rings (SSSR count). The molecule has 0 bridgehead atoms. The van der Waals surface area contributed by atoms with Crippen LogP contribution in [0.3, 0.4) is 0 Å². The molecule has 0 atom stereocenters. The first-order chi connectivity index (χ1) is 21.5. The van der Waals surface area contributed by atoms with Gasteiger partial charge in [0.1, 0.15) is 22.0 Å². The minimum atomic E-state index is -5.18. The van der Waals surface area contributed by atoms with E-state index in [4.69, 9.17) is 16.3 Å². The van der Waals surface area contributed by atoms with E-state index in [1.165, 1.54) is 42.5 Å². The molecule has 0 heterocycles. The smallest absolute Gasteiger partial charge is 0.296 e. The second kappa shape index (κ2) is 12.3. The van der Waals surface area contributed by atoms with Crippen molar-refractivity contribution in [3.05, 3.63) is 102 Å². The number of aromatic hydroxyl groups is 1. The summed E-state index contributed by atoms with van der Waals surface area (Å²) in [6.45, 7) is 1.73. The Kier molecular flexibility index (Phi) is 8.78. The summed E-state index contributed by atoms with van der Waals surface area (Å²) >= 11 is 6.12. The standard InChI is InChI=1S/C29H22ClN3O10S3/c1-17-7-10-21(11-8-17)44(35,36)33-24-16-22(45(37,38)39)13-18-14-26(46(40,41)42)28(29(34)27(18)24)32-31-23-12-9-19(30)15-25(23)43-20-5-3-2-4-6-20/h2-16,33-34H,1H3,(H,37,38,39)(H,40,41,42). The summed E-state index contributed by atoms with van der Waals surface area (Å²) in [6.07, 6.45) is 0. The summed E-state index contributed by atoms with van der Waals surface area (Å²) < 4.78 is 103. The molecule has 0 amide bonds. The van der Waals surface area contributed by atoms with Gasteiger partial charge in [-0.15, -0.1) is 10.2 Å². The molecule has 0 aliphatic heterocycles. The van der Waals surface area contributed by atoms with E-state index in [1.807, 2.05) is 0 Å². The van der Waals surface area contributed by atoms with Crippen LogP contribution in [0, 0.1) is 6.92 Å². The molecule has 13 nitrogen and oxygen atoms in total. The number of hydrogen-bond donors (Lipinski definition) is 4. The Morgan fingerprint density at radius 2 is 1.43 bits per heavy atom. The van der Waals surface area contributed by atoms with Crippen molar-refractivity contribution < 1.29 is 44.2 Å². The monoisotopic (exact) mass is 703 g/mol. The van der Waals surface area contributed by atoms with Crippen molar-refractivity contribution in [2.24, 2.45) is 10.2 Å². The number of nitrogens with one attached hydrogen (secondary N) is 1. The van der Waals surface area contributed by atoms with E-state index in [9.17, 15) is 39.5 Å². The van der Waals surface area contributed by atoms with Gasteiger partial charge in [0.05, 0.1) is 20.9 Å². The molecule has 0 fully saturated rings. The fraction of sp³-hybridized carbons (Fsp3) is 0.0345. The van der Waals surface area contributed by atoms with Gasteiger partial charge >= 0.3 is 0 Å². The SMILES string of the molecule is Cc1ccc(S(=O)(=O)Nc2cc(S(=O)(=O)O)cc3cc(S(=O)(=O)O)c(N=Nc4ccc(Cl)cc4Oc4ccccc4)c(O)c23)cc1. The van der Waals surface area contributed by atoms with Crippen molar-refractivity contribution in [3.63, 3.8) is 0 Å². The molecule has 0 saturated carbocycles. The molecule has 0 saturated heterocycles. The van der Waals surface area contributed by atoms with Gasteiger partial charge in [-0.2, -0.15) is 16.8 Å². The predicted molar refractivity (Wildman–Crippen MR) is 169 cm³/mol. The molecule has 0 aliphatic rings. The number of rotatable bonds is 9. The summed E-state index contributed by atoms with van der Waals surface area (Å²) in [5.74, 6) is -0.522. The minimum Gasteiger partial charge on any atom is -0.505 e. The normalized spacial score (nSPS) is 12.4. The van der Waals surface area contributed by atoms with E-state index < -0.39 is 67.9 Å². The van der Waals surface area contributed by atoms with E-state index in [-0.39, 0.29) is 21.4 Å². The Balaban J connectivity index is 1.73. The van der Waals surface area contributed by atoms with Crippen molar-refractivity contribution in [1.29, 1.82) is 0 Å². The zero-order chi connectivity index (χ0) is 33.4. The highest BCUT2D eigenvalue weighted by molar-refractivity contribution is 7.92. The Labute approximate surface area is 268 Å². The van der Waals surface area contributed by atoms with Crippen LogP contribution in [0.1, 0.15) is 5.56 Å². The Bertz CT molecular complexity index is 2350. The average molecular weight is 704 g/mol. The Hall–Kier alpha value is -4.58. The van der Waals surface area contributed by atoms with Gasteiger partial charge in [-0.05, 0) is 66.9 Å². The molecule has 17 heteroatoms. The zero-order valence-electron chi connectivity index (χ0n) is 23.4. The molecular weight excluding hydrogens is 682 g/mol. The number of azo groups is 1. The number of sulfonamides is 1. The minimum absolute atomic E-state index is 0.0102. The number of fused-ring (bicyclic) bond motifs is 1. The van der Waals surface area contributed by atoms with Crippen LogP contribution in [-0.2, 0) is 30.3 Å². The number of anilines is 1. The maximum atomic E-state index is 13.3. The maximum absolute atomic E-state index is 13.3. The number of ether oxygens (including phenoxy) is 1. The largest absolute Gasteiger partial charge is 0.505 e. The van der Waals surface area contributed by atoms with Gasteiger partial charge in [-0.25, -0.2) is 8.42 Å². The summed E-state index contributed by atoms with van der Waals surface area (Å²) in [5, 5.41) is 18.7. The number of nitrogens with zero attached hydrogens (tertiary/aromatic N) is 2. The second-order valence-corrected chi connectivity index (χ2v) is 14.7. The molecule has 46 heavy (non-hydrogen) atoms. The van der Waals surface area contributed by atoms with Crippen LogP contribution in [-0.4, -0.2) is 39.5 Å². The predicted octanol–water partition coefficient (Wildman–Crippen LogP) is 7.01. The van der Waals surface area contributed by atoms with Crippen molar-refractivity contribution >= 4 is 69.7 Å². The van der Waals surface area contributed by atoms with Crippen LogP contribution in [0.4, 0.5) is 17.1 Å². The second-order valence-electron chi connectivity index (χ2n) is 9.74. The highest BCUT2D eigenvalue weighted by atomic mass is 35.5. The number of hydrogen-bond acceptors (Lipinski definition) is 10. The first kappa shape index (κ1) is 32.8. The lowest BCUT2D eigenvalue weighted by Gasteiger charge is -2.16. The number of phenolic OH excluding ortho intramolecular Hbond substituents is 1. The van der Waals surface area contributed by atoms with Crippen LogP contribution in [0.5, 0.6) is 17.2 Å². The van der Waals surface area contributed by atoms with Gasteiger partial charge in [-0.1, -0.05) is 47.5 Å². The van der Waals surface area contributed by atoms with Gasteiger partial charge < -0.3 is 9.84 Å². The third-order valence-electron chi connectivity index (χ3n) is 6.43. The molecule has 5 aromatic carbocycles. The first-order valence-corrected chi connectivity index (χ1v) is 17.6. The Morgan fingerprint density at radius 3 is 2.07 bits per heavy atom. The molecule has 0 radical (unpaired) electrons. The van der Waals surface area contributed by atoms with Gasteiger partial charge in [0.25, 0.3) is 30.3 Å². The fourth-order valence-corrected chi connectivity index (χ4v) is 6.70. The number of phenols is 1. The highest BCUT2D eigenvalue weighted by Gasteiger charge is 2.27. The van der Waals surface area contributed by atoms with Gasteiger partial charge in [0, 0.05) is 11.1 Å². The number of para-hydroxylation sites is 1. The van der Waals surface area contributed by atoms with Crippen LogP contribution in [0.25, 0.3) is 10.8 Å². The van der Waals surface area contributed by atoms with E-state index in [1.54, 1.807) is 37.3 Å². The summed E-state index contributed by atoms with van der Waals surface area (Å²) in [6, 6.07) is 20.5. The molecule has 0 spiro atoms. The van der Waals surface area contributed by atoms with Crippen LogP contribution < -0.4 is 9.46 Å². The average Bonchev–Trinajstić information content (AvgIpc) is 2.96. The topological polar surface area (TPSA) is 209 Å². The lowest BCUT2D eigenvalue weighted by atomic mass is 10.1. The van der Waals surface area contributed by atoms with E-state index in [0.717, 1.165) is 23.8 Å². The van der Waals surface area contributed by atoms with Crippen molar-refractivity contribution in [3.8, 4) is 17.2 Å². The van der Waals surface area contributed by atoms with Crippen LogP contribution in [0.2, 0.25) is 5.02 Å². The molecule has 0 aliphatic carbocycles. The molecule has 0 aromatic heterocycles. The first-order valence-electron chi connectivity index (χ1n) is 12.9. The van der Waals surface area contributed by atoms with Crippen molar-refractivity contribution in [1.82, 2.24) is 0 Å². The number of benzene rings is 5. The van der Waals surface area contributed by atoms with Gasteiger partial charge in [0.15, 0.2) is 11.5 Å². The maximum Gasteiger partial charge on any atom is 0.296 e. The van der Waals surface area contributed by atoms with Gasteiger partial charge in [0.2, 0.25) is 0 Å². The number of aryl methyl sites for hydroxylation is 1. The van der Waals surface area contributed by atoms with Crippen molar-refractivity contribution in [2.45, 2.75) is 21.6 Å². The van der Waals surface area contributed by atoms with E-state index in [2.05, 4.69) is 15.0 Å². The molecule has 4 N–H and O–H groups in total. The molecule has 5 aromatic rings. The van der Waals surface area contributed by atoms with E-state index >= 15 is 0 Å². The quantitative estimate of drug-likeness (QED) is 0.0911. The summed E-state index contributed by atoms with van der Waals surface area (Å²) in [5.41, 5.74) is -0.635. The lowest BCUT2D eigenvalue weighted by Crippen LogP contribution is -2.14. The summed E-state index contributed by atoms with van der Waals surface area (Å²) in [4.78, 5) is -2.09. The van der Waals surface area contributed by atoms with Gasteiger partial charge in [-0.3, -0.25) is 13.8 Å². The third kappa shape index (κ3) is 7.12.